The fraction of sp³-hybridized carbons (Fsp3) is 0.556. The monoisotopic (exact) mass is 249 g/mol. The first-order chi connectivity index (χ1) is 7.88. The van der Waals surface area contributed by atoms with Gasteiger partial charge in [0.1, 0.15) is 11.6 Å². The van der Waals surface area contributed by atoms with Crippen LogP contribution < -0.4 is 16.2 Å². The zero-order chi connectivity index (χ0) is 13.1. The highest BCUT2D eigenvalue weighted by molar-refractivity contribution is 5.48. The number of hydrogen-bond donors (Lipinski definition) is 2. The molecule has 0 saturated heterocycles. The van der Waals surface area contributed by atoms with Gasteiger partial charge in [0.05, 0.1) is 0 Å². The Balaban J connectivity index is 3.14. The first-order valence-corrected chi connectivity index (χ1v) is 5.02. The van der Waals surface area contributed by atoms with Gasteiger partial charge in [0.25, 0.3) is 0 Å². The minimum atomic E-state index is -4.59. The van der Waals surface area contributed by atoms with Crippen molar-refractivity contribution in [1.82, 2.24) is 9.97 Å². The van der Waals surface area contributed by atoms with Gasteiger partial charge in [0, 0.05) is 19.7 Å². The smallest absolute Gasteiger partial charge is 0.360 e. The fourth-order valence-corrected chi connectivity index (χ4v) is 1.28. The van der Waals surface area contributed by atoms with E-state index < -0.39 is 12.0 Å². The van der Waals surface area contributed by atoms with Crippen molar-refractivity contribution in [2.75, 3.05) is 23.9 Å². The Morgan fingerprint density at radius 1 is 1.41 bits per heavy atom. The SMILES string of the molecule is CCCN(C)c1cc(NN)nc(C(F)(F)F)n1. The van der Waals surface area contributed by atoms with Gasteiger partial charge in [0.2, 0.25) is 5.82 Å². The lowest BCUT2D eigenvalue weighted by molar-refractivity contribution is -0.144. The van der Waals surface area contributed by atoms with Gasteiger partial charge < -0.3 is 10.3 Å². The molecule has 3 N–H and O–H groups in total. The standard InChI is InChI=1S/C9H14F3N5/c1-3-4-17(2)7-5-6(16-13)14-8(15-7)9(10,11)12/h5H,3-4,13H2,1-2H3,(H,14,15,16). The van der Waals surface area contributed by atoms with Crippen LogP contribution in [-0.2, 0) is 6.18 Å². The normalized spacial score (nSPS) is 11.4. The van der Waals surface area contributed by atoms with Crippen LogP contribution in [0.15, 0.2) is 6.07 Å². The minimum Gasteiger partial charge on any atom is -0.360 e. The van der Waals surface area contributed by atoms with Gasteiger partial charge in [-0.3, -0.25) is 0 Å². The summed E-state index contributed by atoms with van der Waals surface area (Å²) in [6, 6.07) is 1.37. The third-order valence-electron chi connectivity index (χ3n) is 2.06. The Kier molecular flexibility index (Phi) is 4.11. The largest absolute Gasteiger partial charge is 0.451 e. The van der Waals surface area contributed by atoms with Gasteiger partial charge in [-0.15, -0.1) is 0 Å². The molecule has 0 amide bonds. The van der Waals surface area contributed by atoms with Crippen LogP contribution in [0.4, 0.5) is 24.8 Å². The molecule has 8 heteroatoms. The van der Waals surface area contributed by atoms with E-state index in [-0.39, 0.29) is 11.6 Å². The zero-order valence-corrected chi connectivity index (χ0v) is 9.54. The van der Waals surface area contributed by atoms with Crippen molar-refractivity contribution in [2.45, 2.75) is 19.5 Å². The van der Waals surface area contributed by atoms with Crippen LogP contribution >= 0.6 is 0 Å². The number of aromatic nitrogens is 2. The topological polar surface area (TPSA) is 67.1 Å². The predicted molar refractivity (Wildman–Crippen MR) is 58.4 cm³/mol. The van der Waals surface area contributed by atoms with E-state index in [9.17, 15) is 13.2 Å². The van der Waals surface area contributed by atoms with Gasteiger partial charge in [-0.05, 0) is 6.42 Å². The second kappa shape index (κ2) is 5.17. The van der Waals surface area contributed by atoms with Crippen molar-refractivity contribution in [2.24, 2.45) is 5.84 Å². The van der Waals surface area contributed by atoms with Gasteiger partial charge in [-0.25, -0.2) is 15.8 Å². The number of hydrogen-bond acceptors (Lipinski definition) is 5. The molecule has 0 aliphatic heterocycles. The number of nitrogens with two attached hydrogens (primary N) is 1. The Labute approximate surface area is 96.8 Å². The molecule has 1 heterocycles. The summed E-state index contributed by atoms with van der Waals surface area (Å²) < 4.78 is 37.6. The number of nitrogen functional groups attached to an aromatic ring is 1. The molecule has 0 saturated carbocycles. The maximum atomic E-state index is 12.5. The highest BCUT2D eigenvalue weighted by atomic mass is 19.4. The highest BCUT2D eigenvalue weighted by Gasteiger charge is 2.35. The van der Waals surface area contributed by atoms with Crippen molar-refractivity contribution in [3.05, 3.63) is 11.9 Å². The van der Waals surface area contributed by atoms with E-state index in [1.165, 1.54) is 6.07 Å². The van der Waals surface area contributed by atoms with E-state index in [0.29, 0.717) is 6.54 Å². The van der Waals surface area contributed by atoms with Gasteiger partial charge in [-0.1, -0.05) is 6.92 Å². The van der Waals surface area contributed by atoms with Crippen molar-refractivity contribution in [3.63, 3.8) is 0 Å². The van der Waals surface area contributed by atoms with Crippen molar-refractivity contribution < 1.29 is 13.2 Å². The van der Waals surface area contributed by atoms with Crippen LogP contribution in [-0.4, -0.2) is 23.6 Å². The summed E-state index contributed by atoms with van der Waals surface area (Å²) in [7, 11) is 1.66. The molecule has 1 aromatic heterocycles. The third-order valence-corrected chi connectivity index (χ3v) is 2.06. The molecule has 1 aromatic rings. The molecule has 17 heavy (non-hydrogen) atoms. The molecule has 0 fully saturated rings. The van der Waals surface area contributed by atoms with Crippen LogP contribution in [0.2, 0.25) is 0 Å². The number of anilines is 2. The summed E-state index contributed by atoms with van der Waals surface area (Å²) in [4.78, 5) is 8.34. The van der Waals surface area contributed by atoms with E-state index in [2.05, 4.69) is 15.4 Å². The molecular weight excluding hydrogens is 235 g/mol. The molecule has 0 radical (unpaired) electrons. The third kappa shape index (κ3) is 3.45. The fourth-order valence-electron chi connectivity index (χ4n) is 1.28. The second-order valence-electron chi connectivity index (χ2n) is 3.50. The zero-order valence-electron chi connectivity index (χ0n) is 9.54. The van der Waals surface area contributed by atoms with Gasteiger partial charge in [-0.2, -0.15) is 13.2 Å². The quantitative estimate of drug-likeness (QED) is 0.627. The Morgan fingerprint density at radius 2 is 2.06 bits per heavy atom. The van der Waals surface area contributed by atoms with Crippen molar-refractivity contribution in [1.29, 1.82) is 0 Å². The van der Waals surface area contributed by atoms with E-state index in [1.807, 2.05) is 6.92 Å². The molecule has 5 nitrogen and oxygen atoms in total. The lowest BCUT2D eigenvalue weighted by Crippen LogP contribution is -2.23. The van der Waals surface area contributed by atoms with Crippen LogP contribution in [0.1, 0.15) is 19.2 Å². The van der Waals surface area contributed by atoms with Gasteiger partial charge >= 0.3 is 6.18 Å². The maximum Gasteiger partial charge on any atom is 0.451 e. The van der Waals surface area contributed by atoms with Gasteiger partial charge in [0.15, 0.2) is 0 Å². The molecule has 96 valence electrons. The number of halogens is 3. The number of alkyl halides is 3. The number of rotatable bonds is 4. The summed E-state index contributed by atoms with van der Waals surface area (Å²) in [5.74, 6) is 3.99. The predicted octanol–water partition coefficient (Wildman–Crippen LogP) is 1.63. The summed E-state index contributed by atoms with van der Waals surface area (Å²) in [6.45, 7) is 2.52. The lowest BCUT2D eigenvalue weighted by atomic mass is 10.4. The average Bonchev–Trinajstić information content (AvgIpc) is 2.27. The Hall–Kier alpha value is -1.57. The average molecular weight is 249 g/mol. The first kappa shape index (κ1) is 13.5. The van der Waals surface area contributed by atoms with Crippen molar-refractivity contribution in [3.8, 4) is 0 Å². The lowest BCUT2D eigenvalue weighted by Gasteiger charge is -2.19. The van der Waals surface area contributed by atoms with E-state index >= 15 is 0 Å². The molecule has 0 bridgehead atoms. The molecule has 0 spiro atoms. The minimum absolute atomic E-state index is 0.0646. The highest BCUT2D eigenvalue weighted by Crippen LogP contribution is 2.28. The number of hydrazine groups is 1. The summed E-state index contributed by atoms with van der Waals surface area (Å²) in [5, 5.41) is 0. The molecule has 0 unspecified atom stereocenters. The molecule has 1 rings (SSSR count). The van der Waals surface area contributed by atoms with E-state index in [0.717, 1.165) is 6.42 Å². The summed E-state index contributed by atoms with van der Waals surface area (Å²) >= 11 is 0. The second-order valence-corrected chi connectivity index (χ2v) is 3.50. The van der Waals surface area contributed by atoms with Crippen molar-refractivity contribution >= 4 is 11.6 Å². The molecule has 0 aliphatic rings. The van der Waals surface area contributed by atoms with Crippen LogP contribution in [0.25, 0.3) is 0 Å². The molecule has 0 aromatic carbocycles. The summed E-state index contributed by atoms with van der Waals surface area (Å²) in [6.07, 6.45) is -3.79. The van der Waals surface area contributed by atoms with Crippen LogP contribution in [0.3, 0.4) is 0 Å². The number of nitrogens with one attached hydrogen (secondary N) is 1. The van der Waals surface area contributed by atoms with Crippen LogP contribution in [0.5, 0.6) is 0 Å². The Bertz CT molecular complexity index is 379. The number of nitrogens with zero attached hydrogens (tertiary/aromatic N) is 3. The first-order valence-electron chi connectivity index (χ1n) is 5.02. The molecule has 0 atom stereocenters. The molecular formula is C9H14F3N5. The summed E-state index contributed by atoms with van der Waals surface area (Å²) in [5.41, 5.74) is 2.10. The maximum absolute atomic E-state index is 12.5. The molecule has 0 aliphatic carbocycles. The van der Waals surface area contributed by atoms with E-state index in [1.54, 1.807) is 11.9 Å². The Morgan fingerprint density at radius 3 is 2.53 bits per heavy atom. The van der Waals surface area contributed by atoms with E-state index in [4.69, 9.17) is 5.84 Å². The van der Waals surface area contributed by atoms with Crippen LogP contribution in [0, 0.1) is 0 Å².